The van der Waals surface area contributed by atoms with Gasteiger partial charge in [-0.3, -0.25) is 14.2 Å². The number of hydrogen-bond donors (Lipinski definition) is 2. The smallest absolute Gasteiger partial charge is 0.410 e. The predicted octanol–water partition coefficient (Wildman–Crippen LogP) is 3.11. The summed E-state index contributed by atoms with van der Waals surface area (Å²) >= 11 is 0. The van der Waals surface area contributed by atoms with Gasteiger partial charge in [0.15, 0.2) is 5.69 Å². The maximum Gasteiger partial charge on any atom is 0.410 e. The van der Waals surface area contributed by atoms with Gasteiger partial charge >= 0.3 is 6.09 Å². The summed E-state index contributed by atoms with van der Waals surface area (Å²) in [5.74, 6) is -1.69. The van der Waals surface area contributed by atoms with E-state index >= 15 is 0 Å². The van der Waals surface area contributed by atoms with E-state index in [1.165, 1.54) is 33.7 Å². The highest BCUT2D eigenvalue weighted by Crippen LogP contribution is 2.29. The number of fused-ring (bicyclic) bond motifs is 1. The van der Waals surface area contributed by atoms with Crippen molar-refractivity contribution in [2.45, 2.75) is 64.8 Å². The van der Waals surface area contributed by atoms with Gasteiger partial charge in [0.1, 0.15) is 17.2 Å². The highest BCUT2D eigenvalue weighted by atomic mass is 19.1. The van der Waals surface area contributed by atoms with Crippen molar-refractivity contribution in [2.75, 3.05) is 7.05 Å². The van der Waals surface area contributed by atoms with Crippen LogP contribution in [0.4, 0.5) is 9.18 Å². The fourth-order valence-electron chi connectivity index (χ4n) is 3.62. The lowest BCUT2D eigenvalue weighted by molar-refractivity contribution is 0.0202. The van der Waals surface area contributed by atoms with Gasteiger partial charge in [-0.2, -0.15) is 0 Å². The van der Waals surface area contributed by atoms with Crippen molar-refractivity contribution < 1.29 is 23.8 Å². The minimum atomic E-state index is -0.754. The van der Waals surface area contributed by atoms with Crippen LogP contribution in [0.1, 0.15) is 68.0 Å². The summed E-state index contributed by atoms with van der Waals surface area (Å²) in [6, 6.07) is 4.95. The quantitative estimate of drug-likeness (QED) is 0.725. The lowest BCUT2D eigenvalue weighted by Crippen LogP contribution is -2.39. The van der Waals surface area contributed by atoms with E-state index in [9.17, 15) is 23.9 Å². The van der Waals surface area contributed by atoms with Crippen LogP contribution in [-0.4, -0.2) is 44.2 Å². The number of ether oxygens (including phenoxy) is 1. The average Bonchev–Trinajstić information content (AvgIpc) is 2.96. The van der Waals surface area contributed by atoms with E-state index in [1.807, 2.05) is 0 Å². The van der Waals surface area contributed by atoms with Gasteiger partial charge in [-0.05, 0) is 57.7 Å². The number of aromatic nitrogens is 2. The summed E-state index contributed by atoms with van der Waals surface area (Å²) in [6.07, 6.45) is 1.31. The lowest BCUT2D eigenvalue weighted by Gasteiger charge is -2.30. The van der Waals surface area contributed by atoms with Gasteiger partial charge in [0.2, 0.25) is 5.75 Å². The molecule has 1 aliphatic heterocycles. The molecule has 1 aromatic heterocycles. The van der Waals surface area contributed by atoms with Crippen molar-refractivity contribution >= 4 is 12.0 Å². The lowest BCUT2D eigenvalue weighted by atomic mass is 10.1. The van der Waals surface area contributed by atoms with Crippen LogP contribution in [-0.2, 0) is 17.8 Å². The van der Waals surface area contributed by atoms with Gasteiger partial charge in [0.25, 0.3) is 11.5 Å². The molecule has 0 bridgehead atoms. The fourth-order valence-corrected chi connectivity index (χ4v) is 3.62. The Morgan fingerprint density at radius 1 is 1.27 bits per heavy atom. The number of nitrogens with zero attached hydrogens (tertiary/aromatic N) is 3. The maximum atomic E-state index is 13.1. The van der Waals surface area contributed by atoms with Gasteiger partial charge < -0.3 is 20.1 Å². The number of nitrogens with one attached hydrogen (secondary N) is 1. The molecule has 1 aliphatic rings. The molecular formula is C23H29FN4O5. The molecule has 33 heavy (non-hydrogen) atoms. The Balaban J connectivity index is 1.92. The van der Waals surface area contributed by atoms with E-state index in [4.69, 9.17) is 4.74 Å². The second-order valence-electron chi connectivity index (χ2n) is 9.04. The summed E-state index contributed by atoms with van der Waals surface area (Å²) in [5, 5.41) is 13.0. The first-order valence-electron chi connectivity index (χ1n) is 10.8. The van der Waals surface area contributed by atoms with Gasteiger partial charge in [0, 0.05) is 20.1 Å². The molecule has 9 nitrogen and oxygen atoms in total. The molecule has 2 amide bonds. The molecular weight excluding hydrogens is 431 g/mol. The summed E-state index contributed by atoms with van der Waals surface area (Å²) in [6.45, 7) is 5.63. The molecule has 0 unspecified atom stereocenters. The summed E-state index contributed by atoms with van der Waals surface area (Å²) in [5.41, 5.74) is -1.23. The molecule has 1 atom stereocenters. The molecule has 2 N–H and O–H groups in total. The molecule has 0 aliphatic carbocycles. The first kappa shape index (κ1) is 24.2. The zero-order valence-corrected chi connectivity index (χ0v) is 19.2. The molecule has 0 radical (unpaired) electrons. The number of amides is 2. The first-order chi connectivity index (χ1) is 15.5. The molecule has 0 spiro atoms. The van der Waals surface area contributed by atoms with Crippen LogP contribution in [0.2, 0.25) is 0 Å². The number of aromatic hydroxyl groups is 1. The Hall–Kier alpha value is -3.43. The number of rotatable bonds is 4. The number of carbonyl (C=O) groups is 2. The molecule has 1 aromatic carbocycles. The molecule has 0 saturated heterocycles. The van der Waals surface area contributed by atoms with Crippen molar-refractivity contribution in [2.24, 2.45) is 0 Å². The molecule has 0 fully saturated rings. The Kier molecular flexibility index (Phi) is 7.04. The molecule has 3 rings (SSSR count). The van der Waals surface area contributed by atoms with Crippen molar-refractivity contribution in [3.05, 3.63) is 57.5 Å². The van der Waals surface area contributed by atoms with Gasteiger partial charge in [-0.25, -0.2) is 14.2 Å². The number of carbonyl (C=O) groups excluding carboxylic acids is 2. The van der Waals surface area contributed by atoms with Crippen molar-refractivity contribution in [1.82, 2.24) is 19.8 Å². The zero-order valence-electron chi connectivity index (χ0n) is 19.2. The van der Waals surface area contributed by atoms with Crippen LogP contribution in [0.15, 0.2) is 29.1 Å². The second-order valence-corrected chi connectivity index (χ2v) is 9.04. The van der Waals surface area contributed by atoms with E-state index in [2.05, 4.69) is 10.3 Å². The third-order valence-corrected chi connectivity index (χ3v) is 5.31. The van der Waals surface area contributed by atoms with Gasteiger partial charge in [-0.15, -0.1) is 0 Å². The molecule has 10 heteroatoms. The monoisotopic (exact) mass is 460 g/mol. The Bertz CT molecular complexity index is 1090. The minimum Gasteiger partial charge on any atom is -0.501 e. The molecule has 178 valence electrons. The van der Waals surface area contributed by atoms with Crippen molar-refractivity contribution in [3.8, 4) is 5.75 Å². The van der Waals surface area contributed by atoms with Crippen LogP contribution in [0.5, 0.6) is 5.75 Å². The van der Waals surface area contributed by atoms with Crippen LogP contribution in [0, 0.1) is 5.82 Å². The predicted molar refractivity (Wildman–Crippen MR) is 118 cm³/mol. The highest BCUT2D eigenvalue weighted by molar-refractivity contribution is 5.94. The summed E-state index contributed by atoms with van der Waals surface area (Å²) in [7, 11) is 1.56. The van der Waals surface area contributed by atoms with E-state index in [1.54, 1.807) is 27.8 Å². The Morgan fingerprint density at radius 2 is 1.94 bits per heavy atom. The van der Waals surface area contributed by atoms with Crippen LogP contribution in [0.3, 0.4) is 0 Å². The summed E-state index contributed by atoms with van der Waals surface area (Å²) in [4.78, 5) is 44.0. The van der Waals surface area contributed by atoms with E-state index in [0.29, 0.717) is 31.4 Å². The van der Waals surface area contributed by atoms with E-state index < -0.39 is 46.5 Å². The summed E-state index contributed by atoms with van der Waals surface area (Å²) < 4.78 is 19.8. The Morgan fingerprint density at radius 3 is 2.58 bits per heavy atom. The first-order valence-corrected chi connectivity index (χ1v) is 10.8. The van der Waals surface area contributed by atoms with E-state index in [0.717, 1.165) is 0 Å². The normalized spacial score (nSPS) is 15.8. The van der Waals surface area contributed by atoms with Gasteiger partial charge in [-0.1, -0.05) is 12.1 Å². The molecule has 2 aromatic rings. The number of benzene rings is 1. The van der Waals surface area contributed by atoms with E-state index in [-0.39, 0.29) is 12.4 Å². The third-order valence-electron chi connectivity index (χ3n) is 5.31. The Labute approximate surface area is 191 Å². The molecule has 0 saturated carbocycles. The number of hydrogen-bond acceptors (Lipinski definition) is 6. The second kappa shape index (κ2) is 9.60. The fraction of sp³-hybridized carbons (Fsp3) is 0.478. The SMILES string of the molecule is CN(C(=O)OC(C)(C)C)[C@@H]1CCCCn2c1nc(C(=O)NCc1ccc(F)cc1)c(O)c2=O. The average molecular weight is 461 g/mol. The highest BCUT2D eigenvalue weighted by Gasteiger charge is 2.33. The standard InChI is InChI=1S/C23H29FN4O5/c1-23(2,3)33-22(32)27(4)16-7-5-6-12-28-19(16)26-17(18(29)21(28)31)20(30)25-13-14-8-10-15(24)11-9-14/h8-11,16,29H,5-7,12-13H2,1-4H3,(H,25,30)/t16-/m1/s1. The van der Waals surface area contributed by atoms with Crippen LogP contribution >= 0.6 is 0 Å². The topological polar surface area (TPSA) is 114 Å². The zero-order chi connectivity index (χ0) is 24.3. The number of halogens is 1. The third kappa shape index (κ3) is 5.68. The van der Waals surface area contributed by atoms with Gasteiger partial charge in [0.05, 0.1) is 6.04 Å². The van der Waals surface area contributed by atoms with Crippen LogP contribution in [0.25, 0.3) is 0 Å². The largest absolute Gasteiger partial charge is 0.501 e. The maximum absolute atomic E-state index is 13.1. The van der Waals surface area contributed by atoms with Crippen molar-refractivity contribution in [3.63, 3.8) is 0 Å². The van der Waals surface area contributed by atoms with Crippen LogP contribution < -0.4 is 10.9 Å². The van der Waals surface area contributed by atoms with Crippen molar-refractivity contribution in [1.29, 1.82) is 0 Å². The minimum absolute atomic E-state index is 0.0554. The molecule has 2 heterocycles.